The predicted molar refractivity (Wildman–Crippen MR) is 110 cm³/mol. The molecule has 0 bridgehead atoms. The first-order chi connectivity index (χ1) is 12.9. The molecule has 1 heterocycles. The van der Waals surface area contributed by atoms with Crippen LogP contribution in [0.25, 0.3) is 0 Å². The minimum Gasteiger partial charge on any atom is -0.378 e. The standard InChI is InChI=1S/C21H23N5O/c1-14-5-6-17(11-15(14)2)25-21(27)19-12-20(23-13-22-19)24-16-7-9-18(10-8-16)26(3)4/h5-13H,1-4H3,(H,25,27)(H,22,23,24). The Morgan fingerprint density at radius 1 is 0.889 bits per heavy atom. The number of anilines is 4. The number of carbonyl (C=O) groups is 1. The number of hydrogen-bond donors (Lipinski definition) is 2. The number of nitrogens with one attached hydrogen (secondary N) is 2. The minimum absolute atomic E-state index is 0.272. The normalized spacial score (nSPS) is 10.4. The first kappa shape index (κ1) is 18.4. The van der Waals surface area contributed by atoms with Crippen LogP contribution >= 0.6 is 0 Å². The lowest BCUT2D eigenvalue weighted by Crippen LogP contribution is -2.14. The maximum absolute atomic E-state index is 12.5. The molecular weight excluding hydrogens is 338 g/mol. The number of aryl methyl sites for hydroxylation is 2. The van der Waals surface area contributed by atoms with Gasteiger partial charge in [0.2, 0.25) is 0 Å². The fraction of sp³-hybridized carbons (Fsp3) is 0.190. The van der Waals surface area contributed by atoms with Gasteiger partial charge in [0.1, 0.15) is 17.8 Å². The molecule has 6 heteroatoms. The topological polar surface area (TPSA) is 70.2 Å². The molecule has 0 saturated carbocycles. The Balaban J connectivity index is 1.72. The Morgan fingerprint density at radius 3 is 2.26 bits per heavy atom. The highest BCUT2D eigenvalue weighted by molar-refractivity contribution is 6.03. The lowest BCUT2D eigenvalue weighted by Gasteiger charge is -2.13. The molecule has 0 aliphatic heterocycles. The number of rotatable bonds is 5. The second-order valence-corrected chi connectivity index (χ2v) is 6.61. The molecule has 27 heavy (non-hydrogen) atoms. The zero-order chi connectivity index (χ0) is 19.4. The Labute approximate surface area is 159 Å². The van der Waals surface area contributed by atoms with Crippen LogP contribution < -0.4 is 15.5 Å². The average molecular weight is 361 g/mol. The number of benzene rings is 2. The highest BCUT2D eigenvalue weighted by Gasteiger charge is 2.10. The lowest BCUT2D eigenvalue weighted by molar-refractivity contribution is 0.102. The van der Waals surface area contributed by atoms with Crippen molar-refractivity contribution in [1.82, 2.24) is 9.97 Å². The van der Waals surface area contributed by atoms with E-state index in [0.29, 0.717) is 11.5 Å². The molecule has 1 amide bonds. The number of hydrogen-bond acceptors (Lipinski definition) is 5. The van der Waals surface area contributed by atoms with Crippen molar-refractivity contribution in [3.8, 4) is 0 Å². The summed E-state index contributed by atoms with van der Waals surface area (Å²) in [5.41, 5.74) is 5.35. The van der Waals surface area contributed by atoms with Gasteiger partial charge in [-0.15, -0.1) is 0 Å². The van der Waals surface area contributed by atoms with E-state index in [4.69, 9.17) is 0 Å². The van der Waals surface area contributed by atoms with E-state index < -0.39 is 0 Å². The number of nitrogens with zero attached hydrogens (tertiary/aromatic N) is 3. The van der Waals surface area contributed by atoms with Gasteiger partial charge in [0.15, 0.2) is 0 Å². The van der Waals surface area contributed by atoms with E-state index in [1.54, 1.807) is 6.07 Å². The minimum atomic E-state index is -0.272. The van der Waals surface area contributed by atoms with E-state index in [9.17, 15) is 4.79 Å². The summed E-state index contributed by atoms with van der Waals surface area (Å²) in [5, 5.41) is 6.07. The first-order valence-corrected chi connectivity index (χ1v) is 8.67. The van der Waals surface area contributed by atoms with Crippen molar-refractivity contribution in [2.45, 2.75) is 13.8 Å². The number of amides is 1. The van der Waals surface area contributed by atoms with Gasteiger partial charge in [0, 0.05) is 37.2 Å². The van der Waals surface area contributed by atoms with Gasteiger partial charge in [0.05, 0.1) is 0 Å². The molecule has 0 radical (unpaired) electrons. The van der Waals surface area contributed by atoms with Crippen LogP contribution in [0.4, 0.5) is 22.9 Å². The maximum Gasteiger partial charge on any atom is 0.274 e. The van der Waals surface area contributed by atoms with Gasteiger partial charge in [0.25, 0.3) is 5.91 Å². The third-order valence-electron chi connectivity index (χ3n) is 4.32. The largest absolute Gasteiger partial charge is 0.378 e. The number of carbonyl (C=O) groups excluding carboxylic acids is 1. The summed E-state index contributed by atoms with van der Waals surface area (Å²) in [5.74, 6) is 0.291. The Morgan fingerprint density at radius 2 is 1.59 bits per heavy atom. The van der Waals surface area contributed by atoms with Gasteiger partial charge in [-0.2, -0.15) is 0 Å². The second kappa shape index (κ2) is 7.86. The van der Waals surface area contributed by atoms with Crippen molar-refractivity contribution < 1.29 is 4.79 Å². The van der Waals surface area contributed by atoms with Crippen LogP contribution in [0.1, 0.15) is 21.6 Å². The van der Waals surface area contributed by atoms with Crippen LogP contribution in [0.2, 0.25) is 0 Å². The molecule has 2 aromatic carbocycles. The smallest absolute Gasteiger partial charge is 0.274 e. The molecule has 0 spiro atoms. The molecule has 138 valence electrons. The fourth-order valence-corrected chi connectivity index (χ4v) is 2.55. The summed E-state index contributed by atoms with van der Waals surface area (Å²) < 4.78 is 0. The van der Waals surface area contributed by atoms with Gasteiger partial charge >= 0.3 is 0 Å². The molecule has 0 atom stereocenters. The molecule has 0 fully saturated rings. The van der Waals surface area contributed by atoms with Crippen molar-refractivity contribution in [2.75, 3.05) is 29.6 Å². The zero-order valence-corrected chi connectivity index (χ0v) is 15.9. The molecule has 0 aliphatic carbocycles. The van der Waals surface area contributed by atoms with Crippen molar-refractivity contribution in [1.29, 1.82) is 0 Å². The van der Waals surface area contributed by atoms with Crippen molar-refractivity contribution in [3.05, 3.63) is 71.7 Å². The fourth-order valence-electron chi connectivity index (χ4n) is 2.55. The molecular formula is C21H23N5O. The van der Waals surface area contributed by atoms with Gasteiger partial charge in [-0.25, -0.2) is 9.97 Å². The van der Waals surface area contributed by atoms with Crippen LogP contribution in [0, 0.1) is 13.8 Å². The second-order valence-electron chi connectivity index (χ2n) is 6.61. The molecule has 3 rings (SSSR count). The monoisotopic (exact) mass is 361 g/mol. The van der Waals surface area contributed by atoms with Crippen LogP contribution in [0.15, 0.2) is 54.9 Å². The molecule has 0 unspecified atom stereocenters. The third-order valence-corrected chi connectivity index (χ3v) is 4.32. The molecule has 1 aromatic heterocycles. The van der Waals surface area contributed by atoms with Crippen LogP contribution in [-0.2, 0) is 0 Å². The Kier molecular flexibility index (Phi) is 5.35. The average Bonchev–Trinajstić information content (AvgIpc) is 2.65. The van der Waals surface area contributed by atoms with Crippen LogP contribution in [-0.4, -0.2) is 30.0 Å². The van der Waals surface area contributed by atoms with Crippen molar-refractivity contribution in [2.24, 2.45) is 0 Å². The van der Waals surface area contributed by atoms with E-state index in [2.05, 4.69) is 20.6 Å². The first-order valence-electron chi connectivity index (χ1n) is 8.67. The van der Waals surface area contributed by atoms with E-state index in [-0.39, 0.29) is 5.91 Å². The predicted octanol–water partition coefficient (Wildman–Crippen LogP) is 4.16. The van der Waals surface area contributed by atoms with E-state index in [1.165, 1.54) is 11.9 Å². The van der Waals surface area contributed by atoms with Gasteiger partial charge in [-0.1, -0.05) is 6.07 Å². The quantitative estimate of drug-likeness (QED) is 0.714. The summed E-state index contributed by atoms with van der Waals surface area (Å²) in [4.78, 5) is 22.8. The van der Waals surface area contributed by atoms with E-state index in [0.717, 1.165) is 22.6 Å². The molecule has 0 saturated heterocycles. The Bertz CT molecular complexity index is 951. The third kappa shape index (κ3) is 4.61. The van der Waals surface area contributed by atoms with Gasteiger partial charge in [-0.05, 0) is 61.4 Å². The molecule has 3 aromatic rings. The summed E-state index contributed by atoms with van der Waals surface area (Å²) in [6.07, 6.45) is 1.38. The van der Waals surface area contributed by atoms with Gasteiger partial charge in [-0.3, -0.25) is 4.79 Å². The zero-order valence-electron chi connectivity index (χ0n) is 15.9. The summed E-state index contributed by atoms with van der Waals surface area (Å²) in [7, 11) is 3.99. The van der Waals surface area contributed by atoms with Crippen LogP contribution in [0.5, 0.6) is 0 Å². The van der Waals surface area contributed by atoms with Crippen molar-refractivity contribution in [3.63, 3.8) is 0 Å². The number of aromatic nitrogens is 2. The Hall–Kier alpha value is -3.41. The SMILES string of the molecule is Cc1ccc(NC(=O)c2cc(Nc3ccc(N(C)C)cc3)ncn2)cc1C. The summed E-state index contributed by atoms with van der Waals surface area (Å²) in [6, 6.07) is 15.4. The molecule has 2 N–H and O–H groups in total. The highest BCUT2D eigenvalue weighted by atomic mass is 16.1. The highest BCUT2D eigenvalue weighted by Crippen LogP contribution is 2.20. The van der Waals surface area contributed by atoms with Crippen molar-refractivity contribution >= 4 is 28.8 Å². The van der Waals surface area contributed by atoms with E-state index in [1.807, 2.05) is 75.3 Å². The molecule has 6 nitrogen and oxygen atoms in total. The lowest BCUT2D eigenvalue weighted by atomic mass is 10.1. The molecule has 0 aliphatic rings. The summed E-state index contributed by atoms with van der Waals surface area (Å²) in [6.45, 7) is 4.05. The van der Waals surface area contributed by atoms with Gasteiger partial charge < -0.3 is 15.5 Å². The van der Waals surface area contributed by atoms with E-state index >= 15 is 0 Å². The summed E-state index contributed by atoms with van der Waals surface area (Å²) >= 11 is 0. The maximum atomic E-state index is 12.5. The van der Waals surface area contributed by atoms with Crippen LogP contribution in [0.3, 0.4) is 0 Å².